The van der Waals surface area contributed by atoms with Gasteiger partial charge in [-0.25, -0.2) is 0 Å². The fourth-order valence-corrected chi connectivity index (χ4v) is 3.76. The number of carbonyl (C=O) groups excluding carboxylic acids is 2. The van der Waals surface area contributed by atoms with E-state index in [1.165, 1.54) is 6.08 Å². The van der Waals surface area contributed by atoms with E-state index in [0.717, 1.165) is 22.3 Å². The Bertz CT molecular complexity index is 916. The van der Waals surface area contributed by atoms with E-state index in [4.69, 9.17) is 0 Å². The van der Waals surface area contributed by atoms with Crippen molar-refractivity contribution in [3.63, 3.8) is 0 Å². The van der Waals surface area contributed by atoms with Crippen LogP contribution in [0.3, 0.4) is 0 Å². The lowest BCUT2D eigenvalue weighted by atomic mass is 9.69. The monoisotopic (exact) mass is 300 g/mol. The van der Waals surface area contributed by atoms with Gasteiger partial charge >= 0.3 is 0 Å². The van der Waals surface area contributed by atoms with E-state index in [9.17, 15) is 9.59 Å². The molecule has 2 aromatic rings. The summed E-state index contributed by atoms with van der Waals surface area (Å²) in [5.41, 5.74) is 4.05. The molecule has 2 aliphatic rings. The van der Waals surface area contributed by atoms with Gasteiger partial charge in [0.1, 0.15) is 0 Å². The Morgan fingerprint density at radius 1 is 0.870 bits per heavy atom. The van der Waals surface area contributed by atoms with Gasteiger partial charge in [-0.2, -0.15) is 0 Å². The Hall–Kier alpha value is -2.74. The first kappa shape index (κ1) is 13.9. The first-order valence-corrected chi connectivity index (χ1v) is 7.72. The molecule has 0 fully saturated rings. The number of rotatable bonds is 1. The Labute approximate surface area is 135 Å². The maximum Gasteiger partial charge on any atom is 0.186 e. The van der Waals surface area contributed by atoms with E-state index >= 15 is 0 Å². The predicted octanol–water partition coefficient (Wildman–Crippen LogP) is 3.86. The number of allylic oxidation sites excluding steroid dienone is 3. The molecule has 0 N–H and O–H groups in total. The molecular weight excluding hydrogens is 284 g/mol. The Morgan fingerprint density at radius 3 is 2.26 bits per heavy atom. The molecule has 2 heteroatoms. The first-order valence-electron chi connectivity index (χ1n) is 7.72. The molecule has 1 unspecified atom stereocenters. The average molecular weight is 300 g/mol. The highest BCUT2D eigenvalue weighted by molar-refractivity contribution is 6.29. The number of Topliss-reactive ketones (excluding diaryl/α,β-unsaturated/α-hetero) is 1. The summed E-state index contributed by atoms with van der Waals surface area (Å²) in [5, 5.41) is 0. The van der Waals surface area contributed by atoms with E-state index in [2.05, 4.69) is 0 Å². The van der Waals surface area contributed by atoms with Crippen LogP contribution in [0.15, 0.2) is 71.8 Å². The van der Waals surface area contributed by atoms with Gasteiger partial charge in [0.2, 0.25) is 0 Å². The van der Waals surface area contributed by atoms with Crippen LogP contribution in [0.2, 0.25) is 0 Å². The molecule has 0 bridgehead atoms. The second-order valence-electron chi connectivity index (χ2n) is 6.31. The average Bonchev–Trinajstić information content (AvgIpc) is 2.85. The van der Waals surface area contributed by atoms with Crippen molar-refractivity contribution in [1.82, 2.24) is 0 Å². The highest BCUT2D eigenvalue weighted by Gasteiger charge is 2.51. The quantitative estimate of drug-likeness (QED) is 0.801. The number of hydrogen-bond acceptors (Lipinski definition) is 2. The third kappa shape index (κ3) is 1.69. The summed E-state index contributed by atoms with van der Waals surface area (Å²) in [6.07, 6.45) is 1.50. The van der Waals surface area contributed by atoms with Crippen LogP contribution >= 0.6 is 0 Å². The van der Waals surface area contributed by atoms with Crippen LogP contribution in [0.25, 0.3) is 5.57 Å². The molecule has 0 aliphatic heterocycles. The van der Waals surface area contributed by atoms with Crippen LogP contribution in [0.1, 0.15) is 30.5 Å². The molecule has 2 aromatic carbocycles. The van der Waals surface area contributed by atoms with Gasteiger partial charge in [0.25, 0.3) is 0 Å². The van der Waals surface area contributed by atoms with Crippen molar-refractivity contribution in [2.45, 2.75) is 19.3 Å². The van der Waals surface area contributed by atoms with Crippen LogP contribution in [-0.2, 0) is 15.0 Å². The van der Waals surface area contributed by atoms with Gasteiger partial charge in [-0.3, -0.25) is 9.59 Å². The van der Waals surface area contributed by atoms with Crippen molar-refractivity contribution in [1.29, 1.82) is 0 Å². The van der Waals surface area contributed by atoms with E-state index < -0.39 is 5.41 Å². The lowest BCUT2D eigenvalue weighted by Crippen LogP contribution is -2.38. The van der Waals surface area contributed by atoms with Crippen molar-refractivity contribution in [3.8, 4) is 0 Å². The van der Waals surface area contributed by atoms with Crippen LogP contribution in [0.5, 0.6) is 0 Å². The summed E-state index contributed by atoms with van der Waals surface area (Å²) in [4.78, 5) is 25.8. The molecule has 4 rings (SSSR count). The summed E-state index contributed by atoms with van der Waals surface area (Å²) in [6, 6.07) is 17.7. The predicted molar refractivity (Wildman–Crippen MR) is 90.0 cm³/mol. The lowest BCUT2D eigenvalue weighted by Gasteiger charge is -2.30. The lowest BCUT2D eigenvalue weighted by molar-refractivity contribution is -0.122. The van der Waals surface area contributed by atoms with Gasteiger partial charge in [0.05, 0.1) is 5.41 Å². The van der Waals surface area contributed by atoms with Crippen molar-refractivity contribution < 1.29 is 9.59 Å². The molecule has 0 saturated heterocycles. The highest BCUT2D eigenvalue weighted by atomic mass is 16.1. The molecule has 0 saturated carbocycles. The number of hydrogen-bond donors (Lipinski definition) is 0. The minimum Gasteiger partial charge on any atom is -0.293 e. The van der Waals surface area contributed by atoms with Crippen LogP contribution < -0.4 is 0 Å². The van der Waals surface area contributed by atoms with Gasteiger partial charge in [-0.15, -0.1) is 0 Å². The fraction of sp³-hybridized carbons (Fsp3) is 0.143. The number of benzene rings is 2. The SMILES string of the molecule is CC1=CC(=O)C2(C)C(=C(c3ccccc3)c3ccccc32)C1=O. The topological polar surface area (TPSA) is 34.1 Å². The summed E-state index contributed by atoms with van der Waals surface area (Å²) in [6.45, 7) is 3.60. The Kier molecular flexibility index (Phi) is 2.79. The number of ketones is 2. The number of carbonyl (C=O) groups is 2. The van der Waals surface area contributed by atoms with E-state index in [1.807, 2.05) is 61.5 Å². The fourth-order valence-electron chi connectivity index (χ4n) is 3.76. The third-order valence-electron chi connectivity index (χ3n) is 4.97. The van der Waals surface area contributed by atoms with Crippen molar-refractivity contribution in [3.05, 3.63) is 88.5 Å². The molecule has 23 heavy (non-hydrogen) atoms. The van der Waals surface area contributed by atoms with Crippen LogP contribution in [0.4, 0.5) is 0 Å². The third-order valence-corrected chi connectivity index (χ3v) is 4.97. The molecule has 1 atom stereocenters. The summed E-state index contributed by atoms with van der Waals surface area (Å²) in [5.74, 6) is -0.0369. The zero-order chi connectivity index (χ0) is 16.2. The second kappa shape index (κ2) is 4.63. The van der Waals surface area contributed by atoms with Gasteiger partial charge in [-0.1, -0.05) is 54.6 Å². The van der Waals surface area contributed by atoms with Crippen LogP contribution in [-0.4, -0.2) is 11.6 Å². The van der Waals surface area contributed by atoms with Gasteiger partial charge in [-0.05, 0) is 42.2 Å². The molecule has 0 radical (unpaired) electrons. The summed E-state index contributed by atoms with van der Waals surface area (Å²) in [7, 11) is 0. The van der Waals surface area contributed by atoms with Crippen LogP contribution in [0, 0.1) is 0 Å². The molecule has 0 amide bonds. The van der Waals surface area contributed by atoms with Gasteiger partial charge in [0, 0.05) is 11.1 Å². The minimum atomic E-state index is -0.877. The van der Waals surface area contributed by atoms with Gasteiger partial charge in [0.15, 0.2) is 11.6 Å². The molecule has 0 heterocycles. The van der Waals surface area contributed by atoms with Gasteiger partial charge < -0.3 is 0 Å². The largest absolute Gasteiger partial charge is 0.293 e. The molecule has 0 spiro atoms. The highest BCUT2D eigenvalue weighted by Crippen LogP contribution is 2.52. The van der Waals surface area contributed by atoms with Crippen molar-refractivity contribution >= 4 is 17.1 Å². The molecule has 112 valence electrons. The Morgan fingerprint density at radius 2 is 1.52 bits per heavy atom. The number of fused-ring (bicyclic) bond motifs is 3. The zero-order valence-electron chi connectivity index (χ0n) is 13.1. The van der Waals surface area contributed by atoms with Crippen molar-refractivity contribution in [2.75, 3.05) is 0 Å². The standard InChI is InChI=1S/C21H16O2/c1-13-12-17(22)21(2)16-11-7-6-10-15(16)18(19(21)20(13)23)14-8-4-3-5-9-14/h3-12H,1-2H3. The normalized spacial score (nSPS) is 22.8. The van der Waals surface area contributed by atoms with E-state index in [-0.39, 0.29) is 11.6 Å². The van der Waals surface area contributed by atoms with E-state index in [1.54, 1.807) is 6.92 Å². The molecule has 2 aliphatic carbocycles. The zero-order valence-corrected chi connectivity index (χ0v) is 13.1. The minimum absolute atomic E-state index is 0.0111. The summed E-state index contributed by atoms with van der Waals surface area (Å²) < 4.78 is 0. The molecular formula is C21H16O2. The van der Waals surface area contributed by atoms with Crippen molar-refractivity contribution in [2.24, 2.45) is 0 Å². The second-order valence-corrected chi connectivity index (χ2v) is 6.31. The maximum absolute atomic E-state index is 12.9. The first-order chi connectivity index (χ1) is 11.0. The molecule has 2 nitrogen and oxygen atoms in total. The maximum atomic E-state index is 12.9. The summed E-state index contributed by atoms with van der Waals surface area (Å²) >= 11 is 0. The Balaban J connectivity index is 2.15. The smallest absolute Gasteiger partial charge is 0.186 e. The molecule has 0 aromatic heterocycles. The van der Waals surface area contributed by atoms with E-state index in [0.29, 0.717) is 11.1 Å².